The van der Waals surface area contributed by atoms with Crippen LogP contribution in [-0.2, 0) is 0 Å². The van der Waals surface area contributed by atoms with Gasteiger partial charge in [0.05, 0.1) is 11.7 Å². The zero-order chi connectivity index (χ0) is 10.1. The summed E-state index contributed by atoms with van der Waals surface area (Å²) in [6, 6.07) is 6.41. The van der Waals surface area contributed by atoms with Gasteiger partial charge >= 0.3 is 0 Å². The molecule has 3 nitrogen and oxygen atoms in total. The zero-order valence-electron chi connectivity index (χ0n) is 8.58. The van der Waals surface area contributed by atoms with Gasteiger partial charge in [-0.3, -0.25) is 0 Å². The van der Waals surface area contributed by atoms with Crippen molar-refractivity contribution in [2.75, 3.05) is 11.9 Å². The molecule has 2 rings (SSSR count). The first-order valence-corrected chi connectivity index (χ1v) is 4.94. The second-order valence-corrected chi connectivity index (χ2v) is 3.82. The second kappa shape index (κ2) is 3.50. The van der Waals surface area contributed by atoms with E-state index in [9.17, 15) is 0 Å². The SMILES string of the molecule is Cc1ccc2c(c1)NC(C)C(CN)O2. The Bertz CT molecular complexity index is 338. The van der Waals surface area contributed by atoms with Crippen LogP contribution in [0.5, 0.6) is 5.75 Å². The lowest BCUT2D eigenvalue weighted by Crippen LogP contribution is -2.44. The first-order chi connectivity index (χ1) is 6.70. The lowest BCUT2D eigenvalue weighted by molar-refractivity contribution is 0.182. The number of rotatable bonds is 1. The first-order valence-electron chi connectivity index (χ1n) is 4.94. The van der Waals surface area contributed by atoms with Crippen LogP contribution in [0.1, 0.15) is 12.5 Å². The van der Waals surface area contributed by atoms with Gasteiger partial charge in [-0.1, -0.05) is 6.07 Å². The summed E-state index contributed by atoms with van der Waals surface area (Å²) in [6.07, 6.45) is 0.0743. The number of nitrogens with two attached hydrogens (primary N) is 1. The van der Waals surface area contributed by atoms with Crippen molar-refractivity contribution < 1.29 is 4.74 Å². The van der Waals surface area contributed by atoms with Crippen LogP contribution in [0.3, 0.4) is 0 Å². The number of aryl methyl sites for hydroxylation is 1. The maximum absolute atomic E-state index is 5.76. The number of fused-ring (bicyclic) bond motifs is 1. The molecule has 1 aromatic rings. The summed E-state index contributed by atoms with van der Waals surface area (Å²) >= 11 is 0. The lowest BCUT2D eigenvalue weighted by Gasteiger charge is -2.32. The van der Waals surface area contributed by atoms with E-state index in [4.69, 9.17) is 10.5 Å². The molecule has 0 bridgehead atoms. The van der Waals surface area contributed by atoms with E-state index >= 15 is 0 Å². The monoisotopic (exact) mass is 192 g/mol. The van der Waals surface area contributed by atoms with Gasteiger partial charge in [0.15, 0.2) is 0 Å². The van der Waals surface area contributed by atoms with Crippen LogP contribution in [0.2, 0.25) is 0 Å². The summed E-state index contributed by atoms with van der Waals surface area (Å²) in [5.41, 5.74) is 7.92. The minimum atomic E-state index is 0.0743. The molecule has 76 valence electrons. The fourth-order valence-electron chi connectivity index (χ4n) is 1.71. The van der Waals surface area contributed by atoms with E-state index in [0.717, 1.165) is 11.4 Å². The topological polar surface area (TPSA) is 47.3 Å². The van der Waals surface area contributed by atoms with Gasteiger partial charge in [-0.15, -0.1) is 0 Å². The molecule has 0 saturated heterocycles. The average molecular weight is 192 g/mol. The van der Waals surface area contributed by atoms with Gasteiger partial charge in [-0.2, -0.15) is 0 Å². The van der Waals surface area contributed by atoms with Crippen molar-refractivity contribution in [1.82, 2.24) is 0 Å². The fourth-order valence-corrected chi connectivity index (χ4v) is 1.71. The summed E-state index contributed by atoms with van der Waals surface area (Å²) < 4.78 is 5.76. The second-order valence-electron chi connectivity index (χ2n) is 3.82. The predicted molar refractivity (Wildman–Crippen MR) is 57.7 cm³/mol. The summed E-state index contributed by atoms with van der Waals surface area (Å²) in [6.45, 7) is 4.70. The van der Waals surface area contributed by atoms with Crippen molar-refractivity contribution in [3.8, 4) is 5.75 Å². The third-order valence-electron chi connectivity index (χ3n) is 2.59. The maximum atomic E-state index is 5.76. The normalized spacial score (nSPS) is 24.8. The van der Waals surface area contributed by atoms with Crippen molar-refractivity contribution >= 4 is 5.69 Å². The molecule has 0 saturated carbocycles. The Morgan fingerprint density at radius 3 is 3.00 bits per heavy atom. The molecule has 1 aliphatic heterocycles. The molecule has 2 unspecified atom stereocenters. The third-order valence-corrected chi connectivity index (χ3v) is 2.59. The van der Waals surface area contributed by atoms with Crippen LogP contribution < -0.4 is 15.8 Å². The van der Waals surface area contributed by atoms with Crippen LogP contribution in [0, 0.1) is 6.92 Å². The van der Waals surface area contributed by atoms with E-state index < -0.39 is 0 Å². The van der Waals surface area contributed by atoms with Gasteiger partial charge in [0, 0.05) is 6.54 Å². The minimum absolute atomic E-state index is 0.0743. The molecule has 14 heavy (non-hydrogen) atoms. The van der Waals surface area contributed by atoms with Crippen molar-refractivity contribution in [3.63, 3.8) is 0 Å². The Morgan fingerprint density at radius 1 is 1.50 bits per heavy atom. The molecule has 0 fully saturated rings. The molecule has 0 amide bonds. The van der Waals surface area contributed by atoms with E-state index in [-0.39, 0.29) is 12.1 Å². The highest BCUT2D eigenvalue weighted by Gasteiger charge is 2.24. The molecule has 1 aromatic carbocycles. The summed E-state index contributed by atoms with van der Waals surface area (Å²) in [7, 11) is 0. The molecule has 1 heterocycles. The van der Waals surface area contributed by atoms with Gasteiger partial charge < -0.3 is 15.8 Å². The van der Waals surface area contributed by atoms with E-state index in [1.54, 1.807) is 0 Å². The van der Waals surface area contributed by atoms with Gasteiger partial charge in [0.2, 0.25) is 0 Å². The molecule has 0 radical (unpaired) electrons. The van der Waals surface area contributed by atoms with E-state index in [1.807, 2.05) is 12.1 Å². The van der Waals surface area contributed by atoms with Crippen molar-refractivity contribution in [2.24, 2.45) is 5.73 Å². The molecule has 0 spiro atoms. The molecule has 1 aliphatic rings. The first kappa shape index (κ1) is 9.34. The zero-order valence-corrected chi connectivity index (χ0v) is 8.58. The number of anilines is 1. The van der Waals surface area contributed by atoms with Gasteiger partial charge in [0.1, 0.15) is 11.9 Å². The summed E-state index contributed by atoms with van der Waals surface area (Å²) in [4.78, 5) is 0. The molecule has 0 aromatic heterocycles. The molecular weight excluding hydrogens is 176 g/mol. The highest BCUT2D eigenvalue weighted by Crippen LogP contribution is 2.31. The van der Waals surface area contributed by atoms with Crippen molar-refractivity contribution in [1.29, 1.82) is 0 Å². The standard InChI is InChI=1S/C11H16N2O/c1-7-3-4-10-9(5-7)13-8(2)11(6-12)14-10/h3-5,8,11,13H,6,12H2,1-2H3. The van der Waals surface area contributed by atoms with Crippen LogP contribution >= 0.6 is 0 Å². The molecule has 3 heteroatoms. The predicted octanol–water partition coefficient (Wildman–Crippen LogP) is 1.52. The Labute approximate surface area is 84.3 Å². The van der Waals surface area contributed by atoms with Crippen molar-refractivity contribution in [2.45, 2.75) is 26.0 Å². The van der Waals surface area contributed by atoms with E-state index in [0.29, 0.717) is 6.54 Å². The Kier molecular flexibility index (Phi) is 2.33. The number of ether oxygens (including phenoxy) is 1. The van der Waals surface area contributed by atoms with Crippen LogP contribution in [-0.4, -0.2) is 18.7 Å². The van der Waals surface area contributed by atoms with Gasteiger partial charge in [-0.05, 0) is 31.5 Å². The largest absolute Gasteiger partial charge is 0.485 e. The van der Waals surface area contributed by atoms with E-state index in [2.05, 4.69) is 25.2 Å². The number of hydrogen-bond acceptors (Lipinski definition) is 3. The minimum Gasteiger partial charge on any atom is -0.485 e. The van der Waals surface area contributed by atoms with Crippen molar-refractivity contribution in [3.05, 3.63) is 23.8 Å². The fraction of sp³-hybridized carbons (Fsp3) is 0.455. The molecular formula is C11H16N2O. The Morgan fingerprint density at radius 2 is 2.29 bits per heavy atom. The quantitative estimate of drug-likeness (QED) is 0.709. The highest BCUT2D eigenvalue weighted by molar-refractivity contribution is 5.60. The van der Waals surface area contributed by atoms with Gasteiger partial charge in [0.25, 0.3) is 0 Å². The number of hydrogen-bond donors (Lipinski definition) is 2. The average Bonchev–Trinajstić information content (AvgIpc) is 2.16. The third kappa shape index (κ3) is 1.55. The van der Waals surface area contributed by atoms with Crippen LogP contribution in [0.25, 0.3) is 0 Å². The maximum Gasteiger partial charge on any atom is 0.143 e. The number of nitrogens with one attached hydrogen (secondary N) is 1. The Balaban J connectivity index is 2.30. The van der Waals surface area contributed by atoms with Crippen LogP contribution in [0.15, 0.2) is 18.2 Å². The van der Waals surface area contributed by atoms with Gasteiger partial charge in [-0.25, -0.2) is 0 Å². The summed E-state index contributed by atoms with van der Waals surface area (Å²) in [5, 5.41) is 3.40. The molecule has 3 N–H and O–H groups in total. The highest BCUT2D eigenvalue weighted by atomic mass is 16.5. The molecule has 2 atom stereocenters. The number of benzene rings is 1. The summed E-state index contributed by atoms with van der Waals surface area (Å²) in [5.74, 6) is 0.907. The van der Waals surface area contributed by atoms with Crippen LogP contribution in [0.4, 0.5) is 5.69 Å². The Hall–Kier alpha value is -1.22. The molecule has 0 aliphatic carbocycles. The lowest BCUT2D eigenvalue weighted by atomic mass is 10.1. The smallest absolute Gasteiger partial charge is 0.143 e. The van der Waals surface area contributed by atoms with E-state index in [1.165, 1.54) is 5.56 Å².